The Morgan fingerprint density at radius 2 is 1.65 bits per heavy atom. The molecule has 0 spiro atoms. The fourth-order valence-electron chi connectivity index (χ4n) is 1.63. The molecule has 84 valence electrons. The van der Waals surface area contributed by atoms with Gasteiger partial charge in [-0.05, 0) is 29.3 Å². The molecule has 0 aliphatic carbocycles. The molecule has 0 heterocycles. The average Bonchev–Trinajstić information content (AvgIpc) is 2.33. The molecule has 0 unspecified atom stereocenters. The first-order chi connectivity index (χ1) is 8.08. The maximum Gasteiger partial charge on any atom is 0.335 e. The molecule has 0 aliphatic heterocycles. The lowest BCUT2D eigenvalue weighted by molar-refractivity contribution is 0.0697. The van der Waals surface area contributed by atoms with Crippen LogP contribution in [0.1, 0.15) is 10.4 Å². The van der Waals surface area contributed by atoms with Gasteiger partial charge in [-0.15, -0.1) is 0 Å². The van der Waals surface area contributed by atoms with E-state index < -0.39 is 5.97 Å². The van der Waals surface area contributed by atoms with Gasteiger partial charge in [-0.25, -0.2) is 4.79 Å². The standard InChI is InChI=1S/C13H12BNO2/c14-11-6-5-10(7-12(11)15)8-1-3-9(4-2-8)13(16)17/h1-7H,14-15H2,(H,16,17). The highest BCUT2D eigenvalue weighted by Crippen LogP contribution is 2.20. The predicted molar refractivity (Wildman–Crippen MR) is 71.4 cm³/mol. The minimum absolute atomic E-state index is 0.286. The van der Waals surface area contributed by atoms with Crippen molar-refractivity contribution >= 4 is 25.0 Å². The molecule has 0 saturated heterocycles. The third kappa shape index (κ3) is 2.31. The summed E-state index contributed by atoms with van der Waals surface area (Å²) in [4.78, 5) is 10.7. The molecule has 2 aromatic carbocycles. The third-order valence-electron chi connectivity index (χ3n) is 2.74. The van der Waals surface area contributed by atoms with E-state index in [2.05, 4.69) is 0 Å². The zero-order chi connectivity index (χ0) is 12.4. The topological polar surface area (TPSA) is 63.3 Å². The van der Waals surface area contributed by atoms with E-state index in [0.29, 0.717) is 0 Å². The molecular weight excluding hydrogens is 213 g/mol. The maximum atomic E-state index is 10.7. The fourth-order valence-corrected chi connectivity index (χ4v) is 1.63. The molecule has 0 amide bonds. The summed E-state index contributed by atoms with van der Waals surface area (Å²) in [6.07, 6.45) is 0. The van der Waals surface area contributed by atoms with Crippen LogP contribution in [0, 0.1) is 0 Å². The number of carboxylic acids is 1. The normalized spacial score (nSPS) is 10.1. The molecule has 17 heavy (non-hydrogen) atoms. The Bertz CT molecular complexity index is 564. The predicted octanol–water partition coefficient (Wildman–Crippen LogP) is 0.892. The molecule has 2 aromatic rings. The number of carboxylic acid groups (broad SMARTS) is 1. The fraction of sp³-hybridized carbons (Fsp3) is 0. The van der Waals surface area contributed by atoms with Gasteiger partial charge in [0.25, 0.3) is 0 Å². The van der Waals surface area contributed by atoms with E-state index in [-0.39, 0.29) is 5.56 Å². The summed E-state index contributed by atoms with van der Waals surface area (Å²) in [5.41, 5.74) is 9.86. The molecule has 0 aromatic heterocycles. The Morgan fingerprint density at radius 3 is 2.18 bits per heavy atom. The average molecular weight is 225 g/mol. The minimum atomic E-state index is -0.917. The highest BCUT2D eigenvalue weighted by atomic mass is 16.4. The Hall–Kier alpha value is -2.23. The second-order valence-corrected chi connectivity index (χ2v) is 3.95. The Balaban J connectivity index is 2.39. The molecule has 3 N–H and O–H groups in total. The Kier molecular flexibility index (Phi) is 2.87. The van der Waals surface area contributed by atoms with Crippen molar-refractivity contribution < 1.29 is 9.90 Å². The van der Waals surface area contributed by atoms with Gasteiger partial charge in [-0.2, -0.15) is 0 Å². The van der Waals surface area contributed by atoms with Crippen LogP contribution in [0.5, 0.6) is 0 Å². The largest absolute Gasteiger partial charge is 0.478 e. The smallest absolute Gasteiger partial charge is 0.335 e. The van der Waals surface area contributed by atoms with Crippen molar-refractivity contribution in [3.8, 4) is 11.1 Å². The van der Waals surface area contributed by atoms with Gasteiger partial charge in [0.2, 0.25) is 0 Å². The first kappa shape index (κ1) is 11.3. The Morgan fingerprint density at radius 1 is 1.06 bits per heavy atom. The van der Waals surface area contributed by atoms with Crippen LogP contribution in [0.4, 0.5) is 5.69 Å². The summed E-state index contributed by atoms with van der Waals surface area (Å²) in [5.74, 6) is -0.917. The van der Waals surface area contributed by atoms with E-state index in [0.717, 1.165) is 22.3 Å². The number of carbonyl (C=O) groups is 1. The molecule has 0 bridgehead atoms. The van der Waals surface area contributed by atoms with E-state index in [9.17, 15) is 4.79 Å². The van der Waals surface area contributed by atoms with Gasteiger partial charge >= 0.3 is 5.97 Å². The van der Waals surface area contributed by atoms with Crippen LogP contribution in [0.25, 0.3) is 11.1 Å². The van der Waals surface area contributed by atoms with E-state index in [4.69, 9.17) is 10.8 Å². The van der Waals surface area contributed by atoms with Crippen LogP contribution in [0.15, 0.2) is 42.5 Å². The minimum Gasteiger partial charge on any atom is -0.478 e. The number of nitrogens with two attached hydrogens (primary N) is 1. The summed E-state index contributed by atoms with van der Waals surface area (Å²) in [6, 6.07) is 12.6. The van der Waals surface area contributed by atoms with Crippen LogP contribution in [-0.4, -0.2) is 18.9 Å². The van der Waals surface area contributed by atoms with Crippen molar-refractivity contribution in [1.29, 1.82) is 0 Å². The molecule has 0 saturated carbocycles. The van der Waals surface area contributed by atoms with Crippen LogP contribution < -0.4 is 11.2 Å². The number of aromatic carboxylic acids is 1. The van der Waals surface area contributed by atoms with Crippen LogP contribution in [-0.2, 0) is 0 Å². The second kappa shape index (κ2) is 4.33. The number of rotatable bonds is 2. The number of nitrogen functional groups attached to an aromatic ring is 1. The van der Waals surface area contributed by atoms with Gasteiger partial charge in [0.05, 0.1) is 5.56 Å². The van der Waals surface area contributed by atoms with Crippen molar-refractivity contribution in [2.45, 2.75) is 0 Å². The summed E-state index contributed by atoms with van der Waals surface area (Å²) in [5, 5.41) is 8.81. The molecular formula is C13H12BNO2. The van der Waals surface area contributed by atoms with Gasteiger partial charge in [-0.1, -0.05) is 29.7 Å². The zero-order valence-corrected chi connectivity index (χ0v) is 9.47. The second-order valence-electron chi connectivity index (χ2n) is 3.95. The molecule has 0 fully saturated rings. The number of hydrogen-bond acceptors (Lipinski definition) is 2. The van der Waals surface area contributed by atoms with Crippen LogP contribution in [0.2, 0.25) is 0 Å². The van der Waals surface area contributed by atoms with Gasteiger partial charge in [0, 0.05) is 5.69 Å². The van der Waals surface area contributed by atoms with Crippen molar-refractivity contribution in [3.63, 3.8) is 0 Å². The van der Waals surface area contributed by atoms with E-state index in [1.54, 1.807) is 24.3 Å². The van der Waals surface area contributed by atoms with Crippen LogP contribution in [0.3, 0.4) is 0 Å². The number of hydrogen-bond donors (Lipinski definition) is 2. The summed E-state index contributed by atoms with van der Waals surface area (Å²) >= 11 is 0. The molecule has 3 nitrogen and oxygen atoms in total. The summed E-state index contributed by atoms with van der Waals surface area (Å²) in [7, 11) is 1.95. The van der Waals surface area contributed by atoms with Crippen molar-refractivity contribution in [2.75, 3.05) is 5.73 Å². The number of benzene rings is 2. The monoisotopic (exact) mass is 225 g/mol. The van der Waals surface area contributed by atoms with Crippen LogP contribution >= 0.6 is 0 Å². The third-order valence-corrected chi connectivity index (χ3v) is 2.74. The lowest BCUT2D eigenvalue weighted by atomic mass is 9.91. The van der Waals surface area contributed by atoms with Gasteiger partial charge in [0.15, 0.2) is 0 Å². The van der Waals surface area contributed by atoms with E-state index in [1.807, 2.05) is 26.0 Å². The first-order valence-electron chi connectivity index (χ1n) is 5.28. The van der Waals surface area contributed by atoms with E-state index in [1.165, 1.54) is 0 Å². The highest BCUT2D eigenvalue weighted by Gasteiger charge is 2.04. The SMILES string of the molecule is Bc1ccc(-c2ccc(C(=O)O)cc2)cc1N. The molecule has 0 atom stereocenters. The zero-order valence-electron chi connectivity index (χ0n) is 9.47. The molecule has 0 radical (unpaired) electrons. The lowest BCUT2D eigenvalue weighted by Gasteiger charge is -2.05. The van der Waals surface area contributed by atoms with Gasteiger partial charge in [0.1, 0.15) is 7.85 Å². The quantitative estimate of drug-likeness (QED) is 0.589. The van der Waals surface area contributed by atoms with Crippen molar-refractivity contribution in [3.05, 3.63) is 48.0 Å². The number of anilines is 1. The van der Waals surface area contributed by atoms with Gasteiger partial charge < -0.3 is 10.8 Å². The van der Waals surface area contributed by atoms with Crippen molar-refractivity contribution in [1.82, 2.24) is 0 Å². The van der Waals surface area contributed by atoms with E-state index >= 15 is 0 Å². The Labute approximate surface area is 100 Å². The first-order valence-corrected chi connectivity index (χ1v) is 5.28. The summed E-state index contributed by atoms with van der Waals surface area (Å²) in [6.45, 7) is 0. The van der Waals surface area contributed by atoms with Gasteiger partial charge in [-0.3, -0.25) is 0 Å². The maximum absolute atomic E-state index is 10.7. The molecule has 4 heteroatoms. The molecule has 2 rings (SSSR count). The van der Waals surface area contributed by atoms with Crippen molar-refractivity contribution in [2.24, 2.45) is 0 Å². The molecule has 0 aliphatic rings. The summed E-state index contributed by atoms with van der Waals surface area (Å²) < 4.78 is 0. The highest BCUT2D eigenvalue weighted by molar-refractivity contribution is 6.35. The lowest BCUT2D eigenvalue weighted by Crippen LogP contribution is -2.08.